The Bertz CT molecular complexity index is 340. The van der Waals surface area contributed by atoms with Crippen molar-refractivity contribution in [3.8, 4) is 11.5 Å². The first kappa shape index (κ1) is 10.3. The Hall–Kier alpha value is -1.82. The largest absolute Gasteiger partial charge is 0.504 e. The standard InChI is InChI=1S/C8H10N2O4/c9-3-4-14-8-5-6(10(12)13)1-2-7(8)11/h1-2,5,11H,3-4,9H2. The number of rotatable bonds is 4. The number of ether oxygens (including phenoxy) is 1. The van der Waals surface area contributed by atoms with Crippen LogP contribution in [0.4, 0.5) is 5.69 Å². The van der Waals surface area contributed by atoms with Crippen LogP contribution in [0.3, 0.4) is 0 Å². The Morgan fingerprint density at radius 2 is 2.29 bits per heavy atom. The molecule has 0 heterocycles. The maximum Gasteiger partial charge on any atom is 0.273 e. The minimum absolute atomic E-state index is 0.0738. The van der Waals surface area contributed by atoms with Gasteiger partial charge in [0, 0.05) is 12.6 Å². The van der Waals surface area contributed by atoms with E-state index in [9.17, 15) is 15.2 Å². The van der Waals surface area contributed by atoms with Crippen LogP contribution >= 0.6 is 0 Å². The van der Waals surface area contributed by atoms with E-state index in [0.717, 1.165) is 6.07 Å². The Balaban J connectivity index is 2.90. The van der Waals surface area contributed by atoms with Crippen molar-refractivity contribution in [2.75, 3.05) is 13.2 Å². The topological polar surface area (TPSA) is 98.6 Å². The molecule has 1 aromatic rings. The second kappa shape index (κ2) is 4.43. The number of aromatic hydroxyl groups is 1. The van der Waals surface area contributed by atoms with Gasteiger partial charge in [-0.25, -0.2) is 0 Å². The molecule has 0 saturated heterocycles. The summed E-state index contributed by atoms with van der Waals surface area (Å²) in [6, 6.07) is 3.57. The van der Waals surface area contributed by atoms with Crippen molar-refractivity contribution in [3.63, 3.8) is 0 Å². The van der Waals surface area contributed by atoms with Crippen LogP contribution in [0.5, 0.6) is 11.5 Å². The third-order valence-electron chi connectivity index (χ3n) is 1.53. The fourth-order valence-corrected chi connectivity index (χ4v) is 0.901. The number of phenolic OH excluding ortho intramolecular Hbond substituents is 1. The van der Waals surface area contributed by atoms with Crippen molar-refractivity contribution < 1.29 is 14.8 Å². The van der Waals surface area contributed by atoms with Gasteiger partial charge in [-0.1, -0.05) is 0 Å². The molecule has 6 heteroatoms. The van der Waals surface area contributed by atoms with E-state index in [-0.39, 0.29) is 30.3 Å². The highest BCUT2D eigenvalue weighted by atomic mass is 16.6. The molecule has 0 amide bonds. The molecule has 3 N–H and O–H groups in total. The average Bonchev–Trinajstić information content (AvgIpc) is 2.16. The third-order valence-corrected chi connectivity index (χ3v) is 1.53. The maximum absolute atomic E-state index is 10.4. The van der Waals surface area contributed by atoms with Gasteiger partial charge >= 0.3 is 0 Å². The molecular formula is C8H10N2O4. The van der Waals surface area contributed by atoms with E-state index >= 15 is 0 Å². The molecule has 0 radical (unpaired) electrons. The number of hydrogen-bond acceptors (Lipinski definition) is 5. The summed E-state index contributed by atoms with van der Waals surface area (Å²) in [5.41, 5.74) is 5.05. The van der Waals surface area contributed by atoms with Gasteiger partial charge in [-0.05, 0) is 6.07 Å². The molecule has 0 bridgehead atoms. The fraction of sp³-hybridized carbons (Fsp3) is 0.250. The van der Waals surface area contributed by atoms with Gasteiger partial charge in [-0.3, -0.25) is 10.1 Å². The van der Waals surface area contributed by atoms with Gasteiger partial charge in [0.05, 0.1) is 11.0 Å². The average molecular weight is 198 g/mol. The Morgan fingerprint density at radius 1 is 1.57 bits per heavy atom. The minimum atomic E-state index is -0.561. The van der Waals surface area contributed by atoms with Gasteiger partial charge in [0.15, 0.2) is 11.5 Å². The SMILES string of the molecule is NCCOc1cc([N+](=O)[O-])ccc1O. The van der Waals surface area contributed by atoms with Crippen LogP contribution in [0.2, 0.25) is 0 Å². The molecule has 0 spiro atoms. The summed E-state index contributed by atoms with van der Waals surface area (Å²) in [5, 5.41) is 19.6. The van der Waals surface area contributed by atoms with Gasteiger partial charge in [-0.15, -0.1) is 0 Å². The number of nitrogens with zero attached hydrogens (tertiary/aromatic N) is 1. The Morgan fingerprint density at radius 3 is 2.86 bits per heavy atom. The zero-order chi connectivity index (χ0) is 10.6. The highest BCUT2D eigenvalue weighted by molar-refractivity contribution is 5.47. The summed E-state index contributed by atoms with van der Waals surface area (Å²) in [4.78, 5) is 9.82. The molecule has 0 saturated carbocycles. The summed E-state index contributed by atoms with van der Waals surface area (Å²) in [6.45, 7) is 0.483. The van der Waals surface area contributed by atoms with E-state index in [1.807, 2.05) is 0 Å². The van der Waals surface area contributed by atoms with Crippen LogP contribution in [0.25, 0.3) is 0 Å². The number of benzene rings is 1. The highest BCUT2D eigenvalue weighted by Gasteiger charge is 2.10. The van der Waals surface area contributed by atoms with E-state index in [1.165, 1.54) is 12.1 Å². The first-order valence-corrected chi connectivity index (χ1v) is 3.95. The number of nitro groups is 1. The van der Waals surface area contributed by atoms with Crippen molar-refractivity contribution >= 4 is 5.69 Å². The molecule has 6 nitrogen and oxygen atoms in total. The maximum atomic E-state index is 10.4. The zero-order valence-corrected chi connectivity index (χ0v) is 7.34. The van der Waals surface area contributed by atoms with Gasteiger partial charge in [0.1, 0.15) is 6.61 Å². The monoisotopic (exact) mass is 198 g/mol. The van der Waals surface area contributed by atoms with Gasteiger partial charge < -0.3 is 15.6 Å². The first-order valence-electron chi connectivity index (χ1n) is 3.95. The Labute approximate surface area is 80.1 Å². The van der Waals surface area contributed by atoms with Crippen LogP contribution < -0.4 is 10.5 Å². The minimum Gasteiger partial charge on any atom is -0.504 e. The van der Waals surface area contributed by atoms with Crippen LogP contribution in [0.15, 0.2) is 18.2 Å². The van der Waals surface area contributed by atoms with Gasteiger partial charge in [-0.2, -0.15) is 0 Å². The molecule has 0 aliphatic rings. The first-order chi connectivity index (χ1) is 6.65. The molecule has 1 aromatic carbocycles. The molecule has 0 unspecified atom stereocenters. The van der Waals surface area contributed by atoms with Crippen molar-refractivity contribution in [1.82, 2.24) is 0 Å². The van der Waals surface area contributed by atoms with Gasteiger partial charge in [0.2, 0.25) is 0 Å². The van der Waals surface area contributed by atoms with E-state index in [4.69, 9.17) is 10.5 Å². The summed E-state index contributed by atoms with van der Waals surface area (Å²) in [7, 11) is 0. The number of nitrogens with two attached hydrogens (primary N) is 1. The number of phenols is 1. The van der Waals surface area contributed by atoms with E-state index in [0.29, 0.717) is 0 Å². The molecule has 0 atom stereocenters. The van der Waals surface area contributed by atoms with Crippen molar-refractivity contribution in [1.29, 1.82) is 0 Å². The third kappa shape index (κ3) is 2.33. The molecular weight excluding hydrogens is 188 g/mol. The van der Waals surface area contributed by atoms with E-state index < -0.39 is 4.92 Å². The van der Waals surface area contributed by atoms with Crippen molar-refractivity contribution in [3.05, 3.63) is 28.3 Å². The predicted octanol–water partition coefficient (Wildman–Crippen LogP) is 0.638. The molecule has 1 rings (SSSR count). The van der Waals surface area contributed by atoms with Crippen molar-refractivity contribution in [2.45, 2.75) is 0 Å². The van der Waals surface area contributed by atoms with E-state index in [2.05, 4.69) is 0 Å². The lowest BCUT2D eigenvalue weighted by Gasteiger charge is -2.05. The molecule has 14 heavy (non-hydrogen) atoms. The molecule has 0 fully saturated rings. The number of non-ortho nitro benzene ring substituents is 1. The number of nitro benzene ring substituents is 1. The van der Waals surface area contributed by atoms with Crippen LogP contribution in [0, 0.1) is 10.1 Å². The molecule has 0 aliphatic carbocycles. The Kier molecular flexibility index (Phi) is 3.24. The molecule has 0 aromatic heterocycles. The quantitative estimate of drug-likeness (QED) is 0.546. The second-order valence-corrected chi connectivity index (χ2v) is 2.55. The summed E-state index contributed by atoms with van der Waals surface area (Å²) >= 11 is 0. The molecule has 76 valence electrons. The van der Waals surface area contributed by atoms with Crippen LogP contribution in [-0.4, -0.2) is 23.2 Å². The van der Waals surface area contributed by atoms with Crippen LogP contribution in [-0.2, 0) is 0 Å². The summed E-state index contributed by atoms with van der Waals surface area (Å²) in [5.74, 6) is -0.0614. The van der Waals surface area contributed by atoms with Gasteiger partial charge in [0.25, 0.3) is 5.69 Å². The lowest BCUT2D eigenvalue weighted by molar-refractivity contribution is -0.385. The zero-order valence-electron chi connectivity index (χ0n) is 7.34. The van der Waals surface area contributed by atoms with E-state index in [1.54, 1.807) is 0 Å². The second-order valence-electron chi connectivity index (χ2n) is 2.55. The lowest BCUT2D eigenvalue weighted by Crippen LogP contribution is -2.10. The molecule has 0 aliphatic heterocycles. The predicted molar refractivity (Wildman–Crippen MR) is 49.3 cm³/mol. The number of hydrogen-bond donors (Lipinski definition) is 2. The smallest absolute Gasteiger partial charge is 0.273 e. The van der Waals surface area contributed by atoms with Crippen LogP contribution in [0.1, 0.15) is 0 Å². The van der Waals surface area contributed by atoms with Crippen molar-refractivity contribution in [2.24, 2.45) is 5.73 Å². The highest BCUT2D eigenvalue weighted by Crippen LogP contribution is 2.29. The summed E-state index contributed by atoms with van der Waals surface area (Å²) < 4.78 is 5.00. The normalized spacial score (nSPS) is 9.79. The summed E-state index contributed by atoms with van der Waals surface area (Å²) in [6.07, 6.45) is 0. The fourth-order valence-electron chi connectivity index (χ4n) is 0.901. The lowest BCUT2D eigenvalue weighted by atomic mass is 10.3.